The molecule has 3 rings (SSSR count). The second-order valence-corrected chi connectivity index (χ2v) is 8.51. The van der Waals surface area contributed by atoms with Crippen molar-refractivity contribution in [3.63, 3.8) is 0 Å². The van der Waals surface area contributed by atoms with Crippen LogP contribution in [0.3, 0.4) is 0 Å². The highest BCUT2D eigenvalue weighted by molar-refractivity contribution is 9.11. The van der Waals surface area contributed by atoms with E-state index in [-0.39, 0.29) is 11.5 Å². The van der Waals surface area contributed by atoms with E-state index in [1.165, 1.54) is 0 Å². The predicted octanol–water partition coefficient (Wildman–Crippen LogP) is 6.80. The Morgan fingerprint density at radius 1 is 0.615 bits per heavy atom. The third kappa shape index (κ3) is 6.34. The molecule has 0 aromatic heterocycles. The van der Waals surface area contributed by atoms with Crippen LogP contribution in [-0.4, -0.2) is 24.3 Å². The standard InChI is InChI=1S/C14H14BrNO.C6H4Br2O/c1-16(2)13-5-3-10(4-6-13)11-7-12(15)9-14(17)8-11;7-4-1-5(8)3-6(9)2-4/h3-9,17H,1-2H3;1-3,9H. The van der Waals surface area contributed by atoms with Gasteiger partial charge in [0.15, 0.2) is 0 Å². The summed E-state index contributed by atoms with van der Waals surface area (Å²) in [5.41, 5.74) is 3.25. The molecule has 26 heavy (non-hydrogen) atoms. The molecule has 0 atom stereocenters. The lowest BCUT2D eigenvalue weighted by Gasteiger charge is -2.13. The third-order valence-electron chi connectivity index (χ3n) is 3.45. The van der Waals surface area contributed by atoms with Crippen molar-refractivity contribution < 1.29 is 10.2 Å². The van der Waals surface area contributed by atoms with E-state index < -0.39 is 0 Å². The Balaban J connectivity index is 0.000000228. The first kappa shape index (κ1) is 20.8. The van der Waals surface area contributed by atoms with Crippen LogP contribution in [-0.2, 0) is 0 Å². The first-order valence-electron chi connectivity index (χ1n) is 7.67. The van der Waals surface area contributed by atoms with Gasteiger partial charge in [-0.25, -0.2) is 0 Å². The number of phenolic OH excluding ortho intramolecular Hbond substituents is 2. The van der Waals surface area contributed by atoms with Crippen LogP contribution >= 0.6 is 47.8 Å². The van der Waals surface area contributed by atoms with Crippen molar-refractivity contribution in [1.82, 2.24) is 0 Å². The van der Waals surface area contributed by atoms with Crippen molar-refractivity contribution >= 4 is 53.5 Å². The van der Waals surface area contributed by atoms with E-state index in [0.717, 1.165) is 30.2 Å². The summed E-state index contributed by atoms with van der Waals surface area (Å²) in [5.74, 6) is 0.530. The molecule has 0 saturated carbocycles. The number of aromatic hydroxyl groups is 2. The molecule has 2 N–H and O–H groups in total. The average molecular weight is 544 g/mol. The monoisotopic (exact) mass is 541 g/mol. The van der Waals surface area contributed by atoms with Gasteiger partial charge in [-0.15, -0.1) is 0 Å². The summed E-state index contributed by atoms with van der Waals surface area (Å²) < 4.78 is 2.62. The first-order chi connectivity index (χ1) is 12.2. The molecule has 0 heterocycles. The van der Waals surface area contributed by atoms with Crippen LogP contribution in [0.5, 0.6) is 11.5 Å². The number of anilines is 1. The molecule has 0 amide bonds. The number of hydrogen-bond acceptors (Lipinski definition) is 3. The molecule has 0 unspecified atom stereocenters. The van der Waals surface area contributed by atoms with Gasteiger partial charge in [0.05, 0.1) is 0 Å². The zero-order valence-electron chi connectivity index (χ0n) is 14.2. The van der Waals surface area contributed by atoms with Gasteiger partial charge in [-0.3, -0.25) is 0 Å². The highest BCUT2D eigenvalue weighted by Crippen LogP contribution is 2.29. The second-order valence-electron chi connectivity index (χ2n) is 5.77. The lowest BCUT2D eigenvalue weighted by atomic mass is 10.1. The molecule has 6 heteroatoms. The maximum atomic E-state index is 9.56. The Labute approximate surface area is 178 Å². The topological polar surface area (TPSA) is 43.7 Å². The Morgan fingerprint density at radius 2 is 1.08 bits per heavy atom. The molecule has 0 aliphatic carbocycles. The van der Waals surface area contributed by atoms with Crippen LogP contribution in [0, 0.1) is 0 Å². The summed E-state index contributed by atoms with van der Waals surface area (Å²) in [7, 11) is 4.03. The van der Waals surface area contributed by atoms with Gasteiger partial charge in [-0.1, -0.05) is 59.9 Å². The van der Waals surface area contributed by atoms with Gasteiger partial charge in [0.1, 0.15) is 11.5 Å². The molecule has 0 fully saturated rings. The summed E-state index contributed by atoms with van der Waals surface area (Å²) in [5, 5.41) is 18.5. The lowest BCUT2D eigenvalue weighted by molar-refractivity contribution is 0.474. The summed E-state index contributed by atoms with van der Waals surface area (Å²) in [6, 6.07) is 18.8. The molecular weight excluding hydrogens is 526 g/mol. The number of halogens is 3. The third-order valence-corrected chi connectivity index (χ3v) is 4.82. The maximum absolute atomic E-state index is 9.56. The van der Waals surface area contributed by atoms with E-state index in [1.54, 1.807) is 24.3 Å². The fraction of sp³-hybridized carbons (Fsp3) is 0.100. The maximum Gasteiger partial charge on any atom is 0.117 e. The predicted molar refractivity (Wildman–Crippen MR) is 119 cm³/mol. The number of rotatable bonds is 2. The summed E-state index contributed by atoms with van der Waals surface area (Å²) in [6.07, 6.45) is 0. The highest BCUT2D eigenvalue weighted by atomic mass is 79.9. The smallest absolute Gasteiger partial charge is 0.117 e. The van der Waals surface area contributed by atoms with E-state index in [9.17, 15) is 5.11 Å². The first-order valence-corrected chi connectivity index (χ1v) is 10.0. The van der Waals surface area contributed by atoms with E-state index in [1.807, 2.05) is 26.2 Å². The zero-order chi connectivity index (χ0) is 19.3. The molecule has 3 aromatic carbocycles. The van der Waals surface area contributed by atoms with Gasteiger partial charge in [-0.05, 0) is 59.7 Å². The molecule has 0 aliphatic heterocycles. The van der Waals surface area contributed by atoms with Crippen molar-refractivity contribution in [2.75, 3.05) is 19.0 Å². The highest BCUT2D eigenvalue weighted by Gasteiger charge is 2.02. The molecule has 3 aromatic rings. The van der Waals surface area contributed by atoms with Crippen LogP contribution < -0.4 is 4.90 Å². The molecule has 0 bridgehead atoms. The zero-order valence-corrected chi connectivity index (χ0v) is 19.0. The van der Waals surface area contributed by atoms with Gasteiger partial charge < -0.3 is 15.1 Å². The Morgan fingerprint density at radius 3 is 1.50 bits per heavy atom. The summed E-state index contributed by atoms with van der Waals surface area (Å²) >= 11 is 9.83. The van der Waals surface area contributed by atoms with Crippen LogP contribution in [0.2, 0.25) is 0 Å². The van der Waals surface area contributed by atoms with Crippen LogP contribution in [0.4, 0.5) is 5.69 Å². The molecule has 0 saturated heterocycles. The van der Waals surface area contributed by atoms with Crippen LogP contribution in [0.1, 0.15) is 0 Å². The van der Waals surface area contributed by atoms with Crippen molar-refractivity contribution in [3.05, 3.63) is 74.1 Å². The van der Waals surface area contributed by atoms with E-state index in [2.05, 4.69) is 77.0 Å². The van der Waals surface area contributed by atoms with Gasteiger partial charge in [0, 0.05) is 33.2 Å². The number of nitrogens with zero attached hydrogens (tertiary/aromatic N) is 1. The van der Waals surface area contributed by atoms with Crippen molar-refractivity contribution in [2.24, 2.45) is 0 Å². The number of benzene rings is 3. The normalized spacial score (nSPS) is 10.0. The molecular formula is C20H18Br3NO2. The fourth-order valence-corrected chi connectivity index (χ4v) is 3.98. The Bertz CT molecular complexity index is 810. The quantitative estimate of drug-likeness (QED) is 0.373. The van der Waals surface area contributed by atoms with Crippen molar-refractivity contribution in [1.29, 1.82) is 0 Å². The molecule has 0 aliphatic rings. The van der Waals surface area contributed by atoms with E-state index >= 15 is 0 Å². The van der Waals surface area contributed by atoms with Gasteiger partial charge in [0.25, 0.3) is 0 Å². The van der Waals surface area contributed by atoms with Gasteiger partial charge >= 0.3 is 0 Å². The SMILES string of the molecule is CN(C)c1ccc(-c2cc(O)cc(Br)c2)cc1.Oc1cc(Br)cc(Br)c1. The van der Waals surface area contributed by atoms with Gasteiger partial charge in [0.2, 0.25) is 0 Å². The van der Waals surface area contributed by atoms with Crippen LogP contribution in [0.25, 0.3) is 11.1 Å². The fourth-order valence-electron chi connectivity index (χ4n) is 2.23. The number of hydrogen-bond donors (Lipinski definition) is 2. The lowest BCUT2D eigenvalue weighted by Crippen LogP contribution is -2.07. The molecule has 0 radical (unpaired) electrons. The number of phenols is 2. The average Bonchev–Trinajstić information content (AvgIpc) is 2.53. The molecule has 136 valence electrons. The van der Waals surface area contributed by atoms with E-state index in [0.29, 0.717) is 0 Å². The molecule has 0 spiro atoms. The summed E-state index contributed by atoms with van der Waals surface area (Å²) in [6.45, 7) is 0. The van der Waals surface area contributed by atoms with Crippen molar-refractivity contribution in [2.45, 2.75) is 0 Å². The minimum absolute atomic E-state index is 0.260. The summed E-state index contributed by atoms with van der Waals surface area (Å²) in [4.78, 5) is 2.06. The largest absolute Gasteiger partial charge is 0.508 e. The second kappa shape index (κ2) is 9.44. The Kier molecular flexibility index (Phi) is 7.55. The minimum Gasteiger partial charge on any atom is -0.508 e. The minimum atomic E-state index is 0.260. The Hall–Kier alpha value is -1.50. The van der Waals surface area contributed by atoms with Crippen LogP contribution in [0.15, 0.2) is 74.1 Å². The molecule has 3 nitrogen and oxygen atoms in total. The van der Waals surface area contributed by atoms with E-state index in [4.69, 9.17) is 5.11 Å². The van der Waals surface area contributed by atoms with Gasteiger partial charge in [-0.2, -0.15) is 0 Å². The van der Waals surface area contributed by atoms with Crippen molar-refractivity contribution in [3.8, 4) is 22.6 Å².